The van der Waals surface area contributed by atoms with Crippen LogP contribution < -0.4 is 23.9 Å². The van der Waals surface area contributed by atoms with Crippen LogP contribution in [0.4, 0.5) is 0 Å². The van der Waals surface area contributed by atoms with Gasteiger partial charge in [0.05, 0.1) is 0 Å². The van der Waals surface area contributed by atoms with E-state index < -0.39 is 7.32 Å². The third kappa shape index (κ3) is 7.12. The van der Waals surface area contributed by atoms with Gasteiger partial charge in [-0.15, -0.1) is 0 Å². The molecule has 7 heavy (non-hydrogen) atoms. The van der Waals surface area contributed by atoms with Gasteiger partial charge in [-0.05, 0) is 0 Å². The number of halogens is 2. The van der Waals surface area contributed by atoms with E-state index in [9.17, 15) is 5.02 Å². The fraction of sp³-hybridized carbons (Fsp3) is 0. The minimum atomic E-state index is -1.78. The second kappa shape index (κ2) is 7.12. The first-order valence-corrected chi connectivity index (χ1v) is 1.63. The van der Waals surface area contributed by atoms with Gasteiger partial charge in [-0.2, -0.15) is 0 Å². The zero-order valence-corrected chi connectivity index (χ0v) is 5.07. The van der Waals surface area contributed by atoms with Crippen LogP contribution in [0, 0.1) is 0 Å². The van der Waals surface area contributed by atoms with Gasteiger partial charge in [0.1, 0.15) is 0 Å². The van der Waals surface area contributed by atoms with E-state index in [0.29, 0.717) is 0 Å². The Bertz CT molecular complexity index is 32.1. The molecule has 0 saturated heterocycles. The third-order valence-corrected chi connectivity index (χ3v) is 0.436. The minimum Gasteiger partial charge on any atom is -0.830 e. The average Bonchev–Trinajstić information content (AvgIpc) is 1.65. The average molecular weight is 137 g/mol. The molecule has 0 heterocycles. The molecule has 0 bridgehead atoms. The van der Waals surface area contributed by atoms with Crippen molar-refractivity contribution in [3.8, 4) is 0 Å². The van der Waals surface area contributed by atoms with Crippen molar-refractivity contribution in [3.05, 3.63) is 0 Å². The fourth-order valence-electron chi connectivity index (χ4n) is 0.0137. The molecule has 0 aromatic carbocycles. The molecule has 0 saturated carbocycles. The molecule has 7 heteroatoms. The van der Waals surface area contributed by atoms with E-state index in [1.165, 1.54) is 0 Å². The smallest absolute Gasteiger partial charge is 0.830 e. The van der Waals surface area contributed by atoms with Crippen LogP contribution in [0.2, 0.25) is 0 Å². The van der Waals surface area contributed by atoms with Gasteiger partial charge in [-0.1, -0.05) is 0 Å². The van der Waals surface area contributed by atoms with E-state index in [-0.39, 0.29) is 18.9 Å². The van der Waals surface area contributed by atoms with Crippen LogP contribution in [0.5, 0.6) is 0 Å². The summed E-state index contributed by atoms with van der Waals surface area (Å²) in [6.45, 7) is 0. The van der Waals surface area contributed by atoms with Crippen LogP contribution >= 0.6 is 23.7 Å². The minimum absolute atomic E-state index is 0. The maximum absolute atomic E-state index is 9.56. The molecule has 0 aliphatic carbocycles. The Hall–Kier alpha value is 1.12. The second-order valence-electron chi connectivity index (χ2n) is 0.467. The maximum Gasteiger partial charge on any atom is 1.00 e. The van der Waals surface area contributed by atoms with Crippen LogP contribution in [0.3, 0.4) is 0 Å². The summed E-state index contributed by atoms with van der Waals surface area (Å²) in [7, 11) is -1.78. The van der Waals surface area contributed by atoms with E-state index in [2.05, 4.69) is 32.1 Å². The van der Waals surface area contributed by atoms with E-state index in [4.69, 9.17) is 0 Å². The normalized spacial score (nSPS) is 7.29. The van der Waals surface area contributed by atoms with Gasteiger partial charge >= 0.3 is 26.2 Å². The maximum atomic E-state index is 9.56. The molecule has 0 N–H and O–H groups in total. The van der Waals surface area contributed by atoms with Crippen molar-refractivity contribution >= 4 is 31.1 Å². The Kier molecular flexibility index (Phi) is 11.2. The molecule has 0 fully saturated rings. The first kappa shape index (κ1) is 11.0. The van der Waals surface area contributed by atoms with Crippen LogP contribution in [0.25, 0.3) is 0 Å². The predicted molar refractivity (Wildman–Crippen MR) is 19.6 cm³/mol. The molecule has 0 atom stereocenters. The van der Waals surface area contributed by atoms with Crippen LogP contribution in [-0.4, -0.2) is 7.32 Å². The van der Waals surface area contributed by atoms with Crippen molar-refractivity contribution in [2.75, 3.05) is 0 Å². The summed E-state index contributed by atoms with van der Waals surface area (Å²) in [6, 6.07) is 0. The van der Waals surface area contributed by atoms with Crippen molar-refractivity contribution in [2.24, 2.45) is 0 Å². The van der Waals surface area contributed by atoms with Crippen molar-refractivity contribution in [3.63, 3.8) is 0 Å². The number of rotatable bonds is 2. The quantitative estimate of drug-likeness (QED) is 0.373. The molecule has 3 nitrogen and oxygen atoms in total. The molecule has 0 unspecified atom stereocenters. The van der Waals surface area contributed by atoms with Crippen LogP contribution in [0.1, 0.15) is 0 Å². The number of hydrogen-bond acceptors (Lipinski definition) is 3. The van der Waals surface area contributed by atoms with Crippen LogP contribution in [0.15, 0.2) is 0 Å². The van der Waals surface area contributed by atoms with Crippen LogP contribution in [-0.2, 0) is 8.41 Å². The van der Waals surface area contributed by atoms with Gasteiger partial charge < -0.3 is 13.4 Å². The zero-order valence-electron chi connectivity index (χ0n) is 3.56. The summed E-state index contributed by atoms with van der Waals surface area (Å²) in [5, 5.41) is 9.56. The van der Waals surface area contributed by atoms with E-state index >= 15 is 0 Å². The molecule has 0 amide bonds. The first-order chi connectivity index (χ1) is 2.81. The standard InChI is InChI=1S/BCl2O3.Li/c2-5-1(4)6-3;/q-1;+1. The summed E-state index contributed by atoms with van der Waals surface area (Å²) < 4.78 is 6.92. The molecule has 0 radical (unpaired) electrons. The summed E-state index contributed by atoms with van der Waals surface area (Å²) in [5.41, 5.74) is 0. The molecule has 0 aromatic rings. The topological polar surface area (TPSA) is 41.5 Å². The zero-order chi connectivity index (χ0) is 4.99. The van der Waals surface area contributed by atoms with Crippen molar-refractivity contribution in [1.82, 2.24) is 0 Å². The Morgan fingerprint density at radius 3 is 1.57 bits per heavy atom. The molecule has 0 rings (SSSR count). The Labute approximate surface area is 63.6 Å². The summed E-state index contributed by atoms with van der Waals surface area (Å²) in [5.74, 6) is 0. The van der Waals surface area contributed by atoms with E-state index in [1.807, 2.05) is 0 Å². The largest absolute Gasteiger partial charge is 1.00 e. The third-order valence-electron chi connectivity index (χ3n) is 0.145. The first-order valence-electron chi connectivity index (χ1n) is 1.02. The second-order valence-corrected chi connectivity index (χ2v) is 0.823. The molecule has 0 aromatic heterocycles. The van der Waals surface area contributed by atoms with Gasteiger partial charge in [0.25, 0.3) is 0 Å². The molecule has 0 aliphatic heterocycles. The molecule has 36 valence electrons. The summed E-state index contributed by atoms with van der Waals surface area (Å²) >= 11 is 8.86. The van der Waals surface area contributed by atoms with Gasteiger partial charge in [-0.25, -0.2) is 0 Å². The van der Waals surface area contributed by atoms with Gasteiger partial charge in [-0.3, -0.25) is 0 Å². The predicted octanol–water partition coefficient (Wildman–Crippen LogP) is -3.32. The summed E-state index contributed by atoms with van der Waals surface area (Å²) in [6.07, 6.45) is 0. The van der Waals surface area contributed by atoms with Crippen molar-refractivity contribution < 1.29 is 32.3 Å². The molecular formula is BCl2LiO3. The fourth-order valence-corrected chi connectivity index (χ4v) is 0.124. The molecular weight excluding hydrogens is 137 g/mol. The van der Waals surface area contributed by atoms with E-state index in [1.54, 1.807) is 0 Å². The Balaban J connectivity index is 0. The van der Waals surface area contributed by atoms with Crippen molar-refractivity contribution in [2.45, 2.75) is 0 Å². The SMILES string of the molecule is [Li+].[O-]B(OCl)OCl. The van der Waals surface area contributed by atoms with E-state index in [0.717, 1.165) is 0 Å². The van der Waals surface area contributed by atoms with Crippen molar-refractivity contribution in [1.29, 1.82) is 0 Å². The molecule has 0 aliphatic rings. The Morgan fingerprint density at radius 1 is 1.29 bits per heavy atom. The van der Waals surface area contributed by atoms with Gasteiger partial charge in [0.15, 0.2) is 0 Å². The van der Waals surface area contributed by atoms with Gasteiger partial charge in [0, 0.05) is 23.7 Å². The summed E-state index contributed by atoms with van der Waals surface area (Å²) in [4.78, 5) is 0. The Morgan fingerprint density at radius 2 is 1.57 bits per heavy atom. The van der Waals surface area contributed by atoms with Gasteiger partial charge in [0.2, 0.25) is 0 Å². The monoisotopic (exact) mass is 136 g/mol. The number of hydrogen-bond donors (Lipinski definition) is 0. The molecule has 0 spiro atoms.